The molecule has 0 amide bonds. The van der Waals surface area contributed by atoms with Crippen molar-refractivity contribution in [3.63, 3.8) is 0 Å². The Hall–Kier alpha value is -0.720. The zero-order valence-corrected chi connectivity index (χ0v) is 16.8. The van der Waals surface area contributed by atoms with Crippen LogP contribution in [0.25, 0.3) is 0 Å². The fraction of sp³-hybridized carbons (Fsp3) is 0.737. The van der Waals surface area contributed by atoms with Crippen LogP contribution >= 0.6 is 24.0 Å². The molecule has 134 valence electrons. The molecule has 0 atom stereocenters. The first kappa shape index (κ1) is 18.1. The third kappa shape index (κ3) is 4.09. The highest BCUT2D eigenvalue weighted by molar-refractivity contribution is 14.0. The summed E-state index contributed by atoms with van der Waals surface area (Å²) < 4.78 is 5.43. The predicted molar refractivity (Wildman–Crippen MR) is 108 cm³/mol. The minimum Gasteiger partial charge on any atom is -0.469 e. The summed E-state index contributed by atoms with van der Waals surface area (Å²) in [4.78, 5) is 7.47. The van der Waals surface area contributed by atoms with Crippen LogP contribution in [0.15, 0.2) is 27.8 Å². The predicted octanol–water partition coefficient (Wildman–Crippen LogP) is 4.20. The van der Waals surface area contributed by atoms with Crippen LogP contribution in [0.3, 0.4) is 0 Å². The molecule has 3 aliphatic rings. The number of furan rings is 1. The number of guanidine groups is 1. The number of halogens is 1. The van der Waals surface area contributed by atoms with Crippen molar-refractivity contribution in [3.8, 4) is 0 Å². The number of rotatable bonds is 4. The lowest BCUT2D eigenvalue weighted by Crippen LogP contribution is -2.46. The van der Waals surface area contributed by atoms with Gasteiger partial charge in [0, 0.05) is 32.1 Å². The van der Waals surface area contributed by atoms with E-state index < -0.39 is 0 Å². The fourth-order valence-corrected chi connectivity index (χ4v) is 4.42. The third-order valence-corrected chi connectivity index (χ3v) is 6.04. The fourth-order valence-electron chi connectivity index (χ4n) is 4.42. The highest BCUT2D eigenvalue weighted by Gasteiger charge is 2.43. The molecule has 1 N–H and O–H groups in total. The minimum absolute atomic E-state index is 0. The van der Waals surface area contributed by atoms with Crippen LogP contribution in [0.4, 0.5) is 0 Å². The molecule has 3 fully saturated rings. The summed E-state index contributed by atoms with van der Waals surface area (Å²) in [6.07, 6.45) is 13.6. The number of nitrogens with one attached hydrogen (secondary N) is 1. The van der Waals surface area contributed by atoms with E-state index >= 15 is 0 Å². The van der Waals surface area contributed by atoms with Crippen molar-refractivity contribution in [2.75, 3.05) is 19.6 Å². The number of aliphatic imine (C=N–C) groups is 1. The van der Waals surface area contributed by atoms with E-state index in [1.807, 2.05) is 12.1 Å². The van der Waals surface area contributed by atoms with Crippen LogP contribution in [-0.2, 0) is 6.42 Å². The van der Waals surface area contributed by atoms with Crippen LogP contribution in [0.5, 0.6) is 0 Å². The quantitative estimate of drug-likeness (QED) is 0.431. The number of hydrogen-bond donors (Lipinski definition) is 1. The summed E-state index contributed by atoms with van der Waals surface area (Å²) in [6.45, 7) is 3.21. The molecule has 0 unspecified atom stereocenters. The van der Waals surface area contributed by atoms with E-state index in [1.54, 1.807) is 6.26 Å². The van der Waals surface area contributed by atoms with E-state index in [0.29, 0.717) is 11.5 Å². The van der Waals surface area contributed by atoms with Gasteiger partial charge in [-0.2, -0.15) is 0 Å². The summed E-state index contributed by atoms with van der Waals surface area (Å²) >= 11 is 0. The normalized spacial score (nSPS) is 23.3. The first-order valence-corrected chi connectivity index (χ1v) is 9.41. The van der Waals surface area contributed by atoms with Crippen LogP contribution in [0, 0.1) is 5.41 Å². The summed E-state index contributed by atoms with van der Waals surface area (Å²) in [6, 6.07) is 4.63. The van der Waals surface area contributed by atoms with Gasteiger partial charge in [-0.3, -0.25) is 4.99 Å². The molecular formula is C19H30IN3O. The molecule has 0 bridgehead atoms. The average molecular weight is 443 g/mol. The van der Waals surface area contributed by atoms with E-state index in [2.05, 4.69) is 10.2 Å². The maximum absolute atomic E-state index is 5.43. The monoisotopic (exact) mass is 443 g/mol. The van der Waals surface area contributed by atoms with Crippen LogP contribution in [0.2, 0.25) is 0 Å². The minimum atomic E-state index is 0. The molecule has 1 aromatic rings. The van der Waals surface area contributed by atoms with E-state index in [0.717, 1.165) is 24.7 Å². The highest BCUT2D eigenvalue weighted by atomic mass is 127. The molecule has 2 heterocycles. The van der Waals surface area contributed by atoms with Gasteiger partial charge in [-0.1, -0.05) is 19.3 Å². The second kappa shape index (κ2) is 8.11. The maximum Gasteiger partial charge on any atom is 0.194 e. The maximum atomic E-state index is 5.43. The van der Waals surface area contributed by atoms with Crippen molar-refractivity contribution >= 4 is 29.9 Å². The summed E-state index contributed by atoms with van der Waals surface area (Å²) in [7, 11) is 0. The second-order valence-corrected chi connectivity index (χ2v) is 7.69. The van der Waals surface area contributed by atoms with Crippen LogP contribution in [0.1, 0.15) is 57.1 Å². The standard InChI is InChI=1S/C19H29N3O.HI/c1-2-6-16(5-1)21-18(20-12-8-17-7-3-14-23-17)22-13-11-19(15-22)9-4-10-19;/h3,7,14,16H,1-2,4-6,8-13,15H2,(H,20,21);1H. The molecule has 2 aliphatic carbocycles. The Bertz CT molecular complexity index is 533. The van der Waals surface area contributed by atoms with Gasteiger partial charge in [0.25, 0.3) is 0 Å². The van der Waals surface area contributed by atoms with E-state index in [1.165, 1.54) is 64.5 Å². The molecule has 2 saturated carbocycles. The zero-order valence-electron chi connectivity index (χ0n) is 14.5. The van der Waals surface area contributed by atoms with Gasteiger partial charge < -0.3 is 14.6 Å². The van der Waals surface area contributed by atoms with E-state index in [-0.39, 0.29) is 24.0 Å². The third-order valence-electron chi connectivity index (χ3n) is 6.04. The lowest BCUT2D eigenvalue weighted by atomic mass is 9.68. The molecule has 0 radical (unpaired) electrons. The van der Waals surface area contributed by atoms with Gasteiger partial charge >= 0.3 is 0 Å². The number of likely N-dealkylation sites (tertiary alicyclic amines) is 1. The van der Waals surface area contributed by atoms with Gasteiger partial charge in [0.15, 0.2) is 5.96 Å². The van der Waals surface area contributed by atoms with Gasteiger partial charge in [0.05, 0.1) is 6.26 Å². The molecule has 1 aromatic heterocycles. The average Bonchev–Trinajstić information content (AvgIpc) is 3.27. The van der Waals surface area contributed by atoms with Gasteiger partial charge in [-0.25, -0.2) is 0 Å². The Morgan fingerprint density at radius 3 is 2.71 bits per heavy atom. The lowest BCUT2D eigenvalue weighted by Gasteiger charge is -2.38. The molecule has 4 nitrogen and oxygen atoms in total. The highest BCUT2D eigenvalue weighted by Crippen LogP contribution is 2.47. The largest absolute Gasteiger partial charge is 0.469 e. The van der Waals surface area contributed by atoms with E-state index in [4.69, 9.17) is 9.41 Å². The van der Waals surface area contributed by atoms with Crippen molar-refractivity contribution in [2.45, 2.75) is 63.8 Å². The Labute approximate surface area is 162 Å². The van der Waals surface area contributed by atoms with Crippen LogP contribution in [-0.4, -0.2) is 36.5 Å². The molecular weight excluding hydrogens is 413 g/mol. The summed E-state index contributed by atoms with van der Waals surface area (Å²) in [5.41, 5.74) is 0.624. The second-order valence-electron chi connectivity index (χ2n) is 7.69. The van der Waals surface area contributed by atoms with E-state index in [9.17, 15) is 0 Å². The molecule has 4 rings (SSSR count). The Balaban J connectivity index is 0.00000169. The van der Waals surface area contributed by atoms with Crippen molar-refractivity contribution in [1.29, 1.82) is 0 Å². The smallest absolute Gasteiger partial charge is 0.194 e. The van der Waals surface area contributed by atoms with Crippen molar-refractivity contribution in [2.24, 2.45) is 10.4 Å². The summed E-state index contributed by atoms with van der Waals surface area (Å²) in [5, 5.41) is 3.77. The first-order valence-electron chi connectivity index (χ1n) is 9.41. The van der Waals surface area contributed by atoms with Crippen molar-refractivity contribution in [1.82, 2.24) is 10.2 Å². The number of nitrogens with zero attached hydrogens (tertiary/aromatic N) is 2. The Morgan fingerprint density at radius 2 is 2.08 bits per heavy atom. The van der Waals surface area contributed by atoms with Gasteiger partial charge in [0.1, 0.15) is 5.76 Å². The molecule has 24 heavy (non-hydrogen) atoms. The van der Waals surface area contributed by atoms with Gasteiger partial charge in [-0.15, -0.1) is 24.0 Å². The van der Waals surface area contributed by atoms with Crippen LogP contribution < -0.4 is 5.32 Å². The Kier molecular flexibility index (Phi) is 6.11. The lowest BCUT2D eigenvalue weighted by molar-refractivity contribution is 0.151. The topological polar surface area (TPSA) is 40.8 Å². The zero-order chi connectivity index (χ0) is 15.5. The molecule has 1 spiro atoms. The van der Waals surface area contributed by atoms with Gasteiger partial charge in [-0.05, 0) is 49.7 Å². The molecule has 1 aliphatic heterocycles. The van der Waals surface area contributed by atoms with Crippen molar-refractivity contribution < 1.29 is 4.42 Å². The molecule has 5 heteroatoms. The molecule has 1 saturated heterocycles. The number of hydrogen-bond acceptors (Lipinski definition) is 2. The van der Waals surface area contributed by atoms with Crippen molar-refractivity contribution in [3.05, 3.63) is 24.2 Å². The SMILES string of the molecule is I.c1coc(CCN=C(NC2CCCC2)N2CCC3(CCC3)C2)c1. The summed E-state index contributed by atoms with van der Waals surface area (Å²) in [5.74, 6) is 2.19. The molecule has 0 aromatic carbocycles. The Morgan fingerprint density at radius 1 is 1.25 bits per heavy atom. The first-order chi connectivity index (χ1) is 11.3. The van der Waals surface area contributed by atoms with Gasteiger partial charge in [0.2, 0.25) is 0 Å².